The molecule has 3 rings (SSSR count). The molecule has 0 radical (unpaired) electrons. The molecule has 0 saturated heterocycles. The van der Waals surface area contributed by atoms with Crippen molar-refractivity contribution in [1.82, 2.24) is 4.90 Å². The first-order valence-electron chi connectivity index (χ1n) is 7.30. The fourth-order valence-corrected chi connectivity index (χ4v) is 2.91. The number of hydrogen-bond acceptors (Lipinski definition) is 2. The fourth-order valence-electron chi connectivity index (χ4n) is 2.91. The van der Waals surface area contributed by atoms with Crippen molar-refractivity contribution in [2.45, 2.75) is 32.5 Å². The summed E-state index contributed by atoms with van der Waals surface area (Å²) < 4.78 is 0. The van der Waals surface area contributed by atoms with E-state index in [-0.39, 0.29) is 6.10 Å². The van der Waals surface area contributed by atoms with E-state index in [0.717, 1.165) is 26.1 Å². The van der Waals surface area contributed by atoms with E-state index in [1.54, 1.807) is 0 Å². The van der Waals surface area contributed by atoms with Gasteiger partial charge in [0, 0.05) is 19.6 Å². The summed E-state index contributed by atoms with van der Waals surface area (Å²) in [6, 6.07) is 17.3. The van der Waals surface area contributed by atoms with Crippen molar-refractivity contribution in [3.63, 3.8) is 0 Å². The van der Waals surface area contributed by atoms with Crippen molar-refractivity contribution in [3.8, 4) is 11.1 Å². The molecule has 0 bridgehead atoms. The zero-order valence-corrected chi connectivity index (χ0v) is 11.9. The Morgan fingerprint density at radius 1 is 0.950 bits per heavy atom. The normalized spacial score (nSPS) is 16.1. The molecule has 0 spiro atoms. The Hall–Kier alpha value is -1.64. The second kappa shape index (κ2) is 5.78. The van der Waals surface area contributed by atoms with E-state index < -0.39 is 0 Å². The van der Waals surface area contributed by atoms with Crippen molar-refractivity contribution in [2.24, 2.45) is 0 Å². The molecule has 104 valence electrons. The van der Waals surface area contributed by atoms with Crippen LogP contribution in [0, 0.1) is 0 Å². The van der Waals surface area contributed by atoms with Crippen molar-refractivity contribution in [2.75, 3.05) is 6.54 Å². The summed E-state index contributed by atoms with van der Waals surface area (Å²) in [7, 11) is 0. The predicted octanol–water partition coefficient (Wildman–Crippen LogP) is 3.44. The van der Waals surface area contributed by atoms with Gasteiger partial charge in [-0.15, -0.1) is 0 Å². The average molecular weight is 267 g/mol. The predicted molar refractivity (Wildman–Crippen MR) is 82.3 cm³/mol. The molecule has 0 aliphatic carbocycles. The second-order valence-electron chi connectivity index (χ2n) is 5.66. The Kier molecular flexibility index (Phi) is 3.86. The molecule has 1 aliphatic heterocycles. The molecular formula is C18H21NO. The zero-order valence-electron chi connectivity index (χ0n) is 11.9. The molecule has 0 saturated carbocycles. The van der Waals surface area contributed by atoms with Gasteiger partial charge in [0.05, 0.1) is 6.10 Å². The van der Waals surface area contributed by atoms with Crippen LogP contribution in [0.2, 0.25) is 0 Å². The number of fused-ring (bicyclic) bond motifs is 3. The molecule has 2 aromatic carbocycles. The van der Waals surface area contributed by atoms with E-state index in [2.05, 4.69) is 53.4 Å². The summed E-state index contributed by atoms with van der Waals surface area (Å²) in [6.07, 6.45) is 0.591. The molecule has 1 N–H and O–H groups in total. The van der Waals surface area contributed by atoms with E-state index in [1.165, 1.54) is 22.3 Å². The Morgan fingerprint density at radius 2 is 1.45 bits per heavy atom. The lowest BCUT2D eigenvalue weighted by Gasteiger charge is -2.21. The first-order chi connectivity index (χ1) is 9.74. The summed E-state index contributed by atoms with van der Waals surface area (Å²) in [4.78, 5) is 2.43. The Morgan fingerprint density at radius 3 is 1.95 bits per heavy atom. The maximum atomic E-state index is 9.52. The topological polar surface area (TPSA) is 23.5 Å². The second-order valence-corrected chi connectivity index (χ2v) is 5.66. The van der Waals surface area contributed by atoms with E-state index >= 15 is 0 Å². The summed E-state index contributed by atoms with van der Waals surface area (Å²) in [5.41, 5.74) is 5.45. The SMILES string of the molecule is CC(O)CCN1Cc2ccccc2-c2ccccc2C1. The van der Waals surface area contributed by atoms with Crippen LogP contribution in [0.25, 0.3) is 11.1 Å². The van der Waals surface area contributed by atoms with Gasteiger partial charge in [-0.3, -0.25) is 4.90 Å². The molecule has 1 atom stereocenters. The fraction of sp³-hybridized carbons (Fsp3) is 0.333. The lowest BCUT2D eigenvalue weighted by Crippen LogP contribution is -2.25. The lowest BCUT2D eigenvalue weighted by molar-refractivity contribution is 0.151. The maximum absolute atomic E-state index is 9.52. The molecule has 1 heterocycles. The number of rotatable bonds is 3. The van der Waals surface area contributed by atoms with Gasteiger partial charge in [-0.05, 0) is 35.6 Å². The van der Waals surface area contributed by atoms with Crippen molar-refractivity contribution < 1.29 is 5.11 Å². The molecule has 2 nitrogen and oxygen atoms in total. The molecule has 0 fully saturated rings. The molecule has 1 unspecified atom stereocenters. The van der Waals surface area contributed by atoms with Crippen LogP contribution in [-0.2, 0) is 13.1 Å². The van der Waals surface area contributed by atoms with E-state index in [0.29, 0.717) is 0 Å². The summed E-state index contributed by atoms with van der Waals surface area (Å²) in [5, 5.41) is 9.52. The highest BCUT2D eigenvalue weighted by Gasteiger charge is 2.18. The minimum absolute atomic E-state index is 0.233. The van der Waals surface area contributed by atoms with E-state index in [4.69, 9.17) is 0 Å². The highest BCUT2D eigenvalue weighted by atomic mass is 16.3. The van der Waals surface area contributed by atoms with Gasteiger partial charge in [-0.25, -0.2) is 0 Å². The van der Waals surface area contributed by atoms with Crippen LogP contribution in [0.3, 0.4) is 0 Å². The number of benzene rings is 2. The van der Waals surface area contributed by atoms with Gasteiger partial charge in [0.25, 0.3) is 0 Å². The highest BCUT2D eigenvalue weighted by Crippen LogP contribution is 2.32. The molecule has 1 aliphatic rings. The highest BCUT2D eigenvalue weighted by molar-refractivity contribution is 5.71. The Labute approximate surface area is 120 Å². The number of aliphatic hydroxyl groups excluding tert-OH is 1. The quantitative estimate of drug-likeness (QED) is 0.921. The first-order valence-corrected chi connectivity index (χ1v) is 7.30. The number of aliphatic hydroxyl groups is 1. The van der Waals surface area contributed by atoms with Gasteiger partial charge in [0.15, 0.2) is 0 Å². The molecule has 2 aromatic rings. The van der Waals surface area contributed by atoms with E-state index in [9.17, 15) is 5.11 Å². The molecule has 2 heteroatoms. The van der Waals surface area contributed by atoms with Crippen molar-refractivity contribution in [1.29, 1.82) is 0 Å². The smallest absolute Gasteiger partial charge is 0.0524 e. The largest absolute Gasteiger partial charge is 0.393 e. The minimum Gasteiger partial charge on any atom is -0.393 e. The van der Waals surface area contributed by atoms with Gasteiger partial charge in [0.1, 0.15) is 0 Å². The Balaban J connectivity index is 1.96. The van der Waals surface area contributed by atoms with Gasteiger partial charge < -0.3 is 5.11 Å². The summed E-state index contributed by atoms with van der Waals surface area (Å²) in [5.74, 6) is 0. The van der Waals surface area contributed by atoms with Crippen molar-refractivity contribution in [3.05, 3.63) is 59.7 Å². The summed E-state index contributed by atoms with van der Waals surface area (Å²) in [6.45, 7) is 4.70. The third-order valence-corrected chi connectivity index (χ3v) is 3.98. The van der Waals surface area contributed by atoms with Gasteiger partial charge in [-0.2, -0.15) is 0 Å². The third-order valence-electron chi connectivity index (χ3n) is 3.98. The third kappa shape index (κ3) is 2.77. The standard InChI is InChI=1S/C18H21NO/c1-14(20)10-11-19-12-15-6-2-4-8-17(15)18-9-5-3-7-16(18)13-19/h2-9,14,20H,10-13H2,1H3. The monoisotopic (exact) mass is 267 g/mol. The van der Waals surface area contributed by atoms with Crippen molar-refractivity contribution >= 4 is 0 Å². The molecular weight excluding hydrogens is 246 g/mol. The van der Waals surface area contributed by atoms with Gasteiger partial charge >= 0.3 is 0 Å². The van der Waals surface area contributed by atoms with Crippen LogP contribution in [-0.4, -0.2) is 22.7 Å². The van der Waals surface area contributed by atoms with Crippen LogP contribution >= 0.6 is 0 Å². The number of nitrogens with zero attached hydrogens (tertiary/aromatic N) is 1. The maximum Gasteiger partial charge on any atom is 0.0524 e. The van der Waals surface area contributed by atoms with E-state index in [1.807, 2.05) is 6.92 Å². The van der Waals surface area contributed by atoms with Crippen LogP contribution < -0.4 is 0 Å². The lowest BCUT2D eigenvalue weighted by atomic mass is 9.97. The zero-order chi connectivity index (χ0) is 13.9. The summed E-state index contributed by atoms with van der Waals surface area (Å²) >= 11 is 0. The number of hydrogen-bond donors (Lipinski definition) is 1. The molecule has 0 amide bonds. The van der Waals surface area contributed by atoms with Crippen LogP contribution in [0.5, 0.6) is 0 Å². The van der Waals surface area contributed by atoms with Crippen LogP contribution in [0.1, 0.15) is 24.5 Å². The van der Waals surface area contributed by atoms with Gasteiger partial charge in [-0.1, -0.05) is 48.5 Å². The van der Waals surface area contributed by atoms with Crippen LogP contribution in [0.15, 0.2) is 48.5 Å². The van der Waals surface area contributed by atoms with Gasteiger partial charge in [0.2, 0.25) is 0 Å². The molecule has 20 heavy (non-hydrogen) atoms. The first kappa shape index (κ1) is 13.3. The average Bonchev–Trinajstić information content (AvgIpc) is 2.61. The minimum atomic E-state index is -0.233. The Bertz CT molecular complexity index is 544. The van der Waals surface area contributed by atoms with Crippen LogP contribution in [0.4, 0.5) is 0 Å². The molecule has 0 aromatic heterocycles.